The summed E-state index contributed by atoms with van der Waals surface area (Å²) in [5.41, 5.74) is 0.305. The van der Waals surface area contributed by atoms with Gasteiger partial charge < -0.3 is 9.63 Å². The van der Waals surface area contributed by atoms with Crippen molar-refractivity contribution in [3.05, 3.63) is 28.9 Å². The van der Waals surface area contributed by atoms with E-state index in [9.17, 15) is 4.79 Å². The zero-order chi connectivity index (χ0) is 9.42. The average Bonchev–Trinajstić information content (AvgIpc) is 2.46. The third kappa shape index (κ3) is 1.25. The highest BCUT2D eigenvalue weighted by atomic mass is 35.5. The lowest BCUT2D eigenvalue weighted by Crippen LogP contribution is -1.96. The molecule has 1 heterocycles. The molecule has 0 aliphatic carbocycles. The van der Waals surface area contributed by atoms with Crippen LogP contribution < -0.4 is 0 Å². The maximum atomic E-state index is 10.6. The van der Waals surface area contributed by atoms with Crippen molar-refractivity contribution >= 4 is 28.5 Å². The Labute approximate surface area is 77.7 Å². The molecular weight excluding hydrogens is 194 g/mol. The summed E-state index contributed by atoms with van der Waals surface area (Å²) >= 11 is 5.69. The van der Waals surface area contributed by atoms with Crippen molar-refractivity contribution in [2.45, 2.75) is 0 Å². The number of carboxylic acid groups (broad SMARTS) is 1. The molecule has 1 N–H and O–H groups in total. The molecule has 5 heteroatoms. The minimum absolute atomic E-state index is 0.113. The van der Waals surface area contributed by atoms with Gasteiger partial charge in [0.25, 0.3) is 0 Å². The van der Waals surface area contributed by atoms with Gasteiger partial charge in [-0.25, -0.2) is 4.79 Å². The van der Waals surface area contributed by atoms with E-state index in [1.165, 1.54) is 6.07 Å². The van der Waals surface area contributed by atoms with Gasteiger partial charge in [0.2, 0.25) is 0 Å². The van der Waals surface area contributed by atoms with E-state index >= 15 is 0 Å². The average molecular weight is 198 g/mol. The van der Waals surface area contributed by atoms with Gasteiger partial charge in [-0.1, -0.05) is 16.8 Å². The lowest BCUT2D eigenvalue weighted by atomic mass is 10.2. The topological polar surface area (TPSA) is 63.3 Å². The molecule has 0 saturated heterocycles. The molecule has 4 nitrogen and oxygen atoms in total. The van der Waals surface area contributed by atoms with Gasteiger partial charge >= 0.3 is 5.97 Å². The van der Waals surface area contributed by atoms with Gasteiger partial charge in [0.05, 0.1) is 5.39 Å². The van der Waals surface area contributed by atoms with E-state index in [-0.39, 0.29) is 5.69 Å². The fourth-order valence-electron chi connectivity index (χ4n) is 1.07. The predicted octanol–water partition coefficient (Wildman–Crippen LogP) is 2.18. The zero-order valence-electron chi connectivity index (χ0n) is 6.32. The maximum Gasteiger partial charge on any atom is 0.358 e. The Morgan fingerprint density at radius 3 is 3.00 bits per heavy atom. The van der Waals surface area contributed by atoms with E-state index in [4.69, 9.17) is 21.2 Å². The smallest absolute Gasteiger partial charge is 0.358 e. The molecule has 0 spiro atoms. The SMILES string of the molecule is O=C(O)c1noc2ccc(Cl)cc12. The van der Waals surface area contributed by atoms with E-state index < -0.39 is 5.97 Å². The van der Waals surface area contributed by atoms with Crippen LogP contribution in [0.1, 0.15) is 10.5 Å². The summed E-state index contributed by atoms with van der Waals surface area (Å²) < 4.78 is 4.78. The number of nitrogens with zero attached hydrogens (tertiary/aromatic N) is 1. The van der Waals surface area contributed by atoms with E-state index in [1.54, 1.807) is 12.1 Å². The lowest BCUT2D eigenvalue weighted by Gasteiger charge is -1.88. The standard InChI is InChI=1S/C8H4ClNO3/c9-4-1-2-6-5(3-4)7(8(11)12)10-13-6/h1-3H,(H,11,12). The molecule has 66 valence electrons. The first kappa shape index (κ1) is 8.07. The molecule has 0 amide bonds. The number of carbonyl (C=O) groups is 1. The van der Waals surface area contributed by atoms with Gasteiger partial charge in [-0.2, -0.15) is 0 Å². The number of carboxylic acids is 1. The second kappa shape index (κ2) is 2.74. The fourth-order valence-corrected chi connectivity index (χ4v) is 1.24. The number of hydrogen-bond donors (Lipinski definition) is 1. The highest BCUT2D eigenvalue weighted by Crippen LogP contribution is 2.22. The summed E-state index contributed by atoms with van der Waals surface area (Å²) in [7, 11) is 0. The molecule has 2 aromatic rings. The number of fused-ring (bicyclic) bond motifs is 1. The Bertz CT molecular complexity index is 477. The molecule has 0 unspecified atom stereocenters. The van der Waals surface area contributed by atoms with Gasteiger partial charge in [-0.3, -0.25) is 0 Å². The Balaban J connectivity index is 2.79. The first-order valence-corrected chi connectivity index (χ1v) is 3.84. The fraction of sp³-hybridized carbons (Fsp3) is 0. The summed E-state index contributed by atoms with van der Waals surface area (Å²) in [5.74, 6) is -1.12. The van der Waals surface area contributed by atoms with Crippen LogP contribution in [0.25, 0.3) is 11.0 Å². The first-order valence-electron chi connectivity index (χ1n) is 3.47. The summed E-state index contributed by atoms with van der Waals surface area (Å²) in [6, 6.07) is 4.70. The molecule has 0 bridgehead atoms. The summed E-state index contributed by atoms with van der Waals surface area (Å²) in [4.78, 5) is 10.6. The monoisotopic (exact) mass is 197 g/mol. The first-order chi connectivity index (χ1) is 6.18. The zero-order valence-corrected chi connectivity index (χ0v) is 7.08. The molecule has 1 aromatic heterocycles. The van der Waals surface area contributed by atoms with Crippen molar-refractivity contribution < 1.29 is 14.4 Å². The second-order valence-corrected chi connectivity index (χ2v) is 2.91. The Kier molecular flexibility index (Phi) is 1.70. The molecule has 0 aliphatic rings. The van der Waals surface area contributed by atoms with Gasteiger partial charge in [-0.15, -0.1) is 0 Å². The van der Waals surface area contributed by atoms with Gasteiger partial charge in [0, 0.05) is 5.02 Å². The Hall–Kier alpha value is -1.55. The molecule has 1 aromatic carbocycles. The van der Waals surface area contributed by atoms with E-state index in [0.717, 1.165) is 0 Å². The highest BCUT2D eigenvalue weighted by Gasteiger charge is 2.14. The summed E-state index contributed by atoms with van der Waals surface area (Å²) in [6.07, 6.45) is 0. The Morgan fingerprint density at radius 2 is 2.31 bits per heavy atom. The van der Waals surface area contributed by atoms with Crippen molar-refractivity contribution in [3.63, 3.8) is 0 Å². The molecule has 0 saturated carbocycles. The molecular formula is C8H4ClNO3. The predicted molar refractivity (Wildman–Crippen MR) is 46.0 cm³/mol. The quantitative estimate of drug-likeness (QED) is 0.761. The Morgan fingerprint density at radius 1 is 1.54 bits per heavy atom. The van der Waals surface area contributed by atoms with Crippen LogP contribution in [0.3, 0.4) is 0 Å². The summed E-state index contributed by atoms with van der Waals surface area (Å²) in [5, 5.41) is 13.0. The second-order valence-electron chi connectivity index (χ2n) is 2.48. The summed E-state index contributed by atoms with van der Waals surface area (Å²) in [6.45, 7) is 0. The van der Waals surface area contributed by atoms with Crippen molar-refractivity contribution in [1.29, 1.82) is 0 Å². The van der Waals surface area contributed by atoms with Crippen LogP contribution >= 0.6 is 11.6 Å². The third-order valence-electron chi connectivity index (χ3n) is 1.63. The normalized spacial score (nSPS) is 10.5. The van der Waals surface area contributed by atoms with E-state index in [1.807, 2.05) is 0 Å². The van der Waals surface area contributed by atoms with Gasteiger partial charge in [0.15, 0.2) is 11.3 Å². The van der Waals surface area contributed by atoms with Crippen LogP contribution in [-0.2, 0) is 0 Å². The molecule has 2 rings (SSSR count). The van der Waals surface area contributed by atoms with Crippen LogP contribution in [0.15, 0.2) is 22.7 Å². The van der Waals surface area contributed by atoms with Crippen LogP contribution in [0.5, 0.6) is 0 Å². The van der Waals surface area contributed by atoms with Crippen LogP contribution in [0.2, 0.25) is 5.02 Å². The van der Waals surface area contributed by atoms with Crippen molar-refractivity contribution in [2.24, 2.45) is 0 Å². The number of hydrogen-bond acceptors (Lipinski definition) is 3. The van der Waals surface area contributed by atoms with Crippen LogP contribution in [0, 0.1) is 0 Å². The van der Waals surface area contributed by atoms with Crippen LogP contribution in [-0.4, -0.2) is 16.2 Å². The highest BCUT2D eigenvalue weighted by molar-refractivity contribution is 6.31. The van der Waals surface area contributed by atoms with Crippen LogP contribution in [0.4, 0.5) is 0 Å². The van der Waals surface area contributed by atoms with Gasteiger partial charge in [0.1, 0.15) is 0 Å². The van der Waals surface area contributed by atoms with Crippen molar-refractivity contribution in [3.8, 4) is 0 Å². The number of aromatic carboxylic acids is 1. The number of rotatable bonds is 1. The van der Waals surface area contributed by atoms with Gasteiger partial charge in [-0.05, 0) is 18.2 Å². The van der Waals surface area contributed by atoms with Crippen molar-refractivity contribution in [1.82, 2.24) is 5.16 Å². The minimum Gasteiger partial charge on any atom is -0.476 e. The number of benzene rings is 1. The van der Waals surface area contributed by atoms with E-state index in [2.05, 4.69) is 5.16 Å². The molecule has 0 aliphatic heterocycles. The third-order valence-corrected chi connectivity index (χ3v) is 1.87. The van der Waals surface area contributed by atoms with Crippen molar-refractivity contribution in [2.75, 3.05) is 0 Å². The molecule has 13 heavy (non-hydrogen) atoms. The lowest BCUT2D eigenvalue weighted by molar-refractivity contribution is 0.0688. The van der Waals surface area contributed by atoms with E-state index in [0.29, 0.717) is 16.0 Å². The number of halogens is 1. The number of aromatic nitrogens is 1. The minimum atomic E-state index is -1.12. The maximum absolute atomic E-state index is 10.6. The largest absolute Gasteiger partial charge is 0.476 e. The molecule has 0 radical (unpaired) electrons. The molecule has 0 atom stereocenters. The molecule has 0 fully saturated rings.